The lowest BCUT2D eigenvalue weighted by atomic mass is 10.0. The van der Waals surface area contributed by atoms with Gasteiger partial charge < -0.3 is 10.5 Å². The quantitative estimate of drug-likeness (QED) is 0.814. The van der Waals surface area contributed by atoms with Crippen molar-refractivity contribution < 1.29 is 13.5 Å². The molecule has 14 heavy (non-hydrogen) atoms. The summed E-state index contributed by atoms with van der Waals surface area (Å²) < 4.78 is 31.4. The predicted molar refractivity (Wildman–Crippen MR) is 50.1 cm³/mol. The van der Waals surface area contributed by atoms with Crippen LogP contribution in [0.3, 0.4) is 0 Å². The maximum atomic E-state index is 13.3. The maximum absolute atomic E-state index is 13.3. The van der Waals surface area contributed by atoms with E-state index in [0.29, 0.717) is 6.42 Å². The Balaban J connectivity index is 3.18. The second-order valence-electron chi connectivity index (χ2n) is 3.02. The van der Waals surface area contributed by atoms with Gasteiger partial charge in [-0.15, -0.1) is 0 Å². The van der Waals surface area contributed by atoms with Gasteiger partial charge in [0.2, 0.25) is 0 Å². The highest BCUT2D eigenvalue weighted by Crippen LogP contribution is 2.25. The minimum Gasteiger partial charge on any atom is -0.497 e. The van der Waals surface area contributed by atoms with Gasteiger partial charge >= 0.3 is 0 Å². The van der Waals surface area contributed by atoms with Crippen molar-refractivity contribution in [2.45, 2.75) is 19.4 Å². The fourth-order valence-corrected chi connectivity index (χ4v) is 1.24. The van der Waals surface area contributed by atoms with Crippen LogP contribution >= 0.6 is 0 Å². The van der Waals surface area contributed by atoms with E-state index in [1.54, 1.807) is 6.92 Å². The molecule has 2 N–H and O–H groups in total. The lowest BCUT2D eigenvalue weighted by Gasteiger charge is -2.12. The van der Waals surface area contributed by atoms with Crippen molar-refractivity contribution in [3.8, 4) is 5.75 Å². The van der Waals surface area contributed by atoms with Gasteiger partial charge in [0.25, 0.3) is 0 Å². The van der Waals surface area contributed by atoms with E-state index in [2.05, 4.69) is 0 Å². The Morgan fingerprint density at radius 2 is 1.86 bits per heavy atom. The van der Waals surface area contributed by atoms with E-state index in [-0.39, 0.29) is 11.3 Å². The van der Waals surface area contributed by atoms with Crippen LogP contribution in [0.5, 0.6) is 5.75 Å². The van der Waals surface area contributed by atoms with Crippen LogP contribution in [0.4, 0.5) is 8.78 Å². The first-order chi connectivity index (χ1) is 6.60. The van der Waals surface area contributed by atoms with Crippen molar-refractivity contribution >= 4 is 0 Å². The van der Waals surface area contributed by atoms with Crippen LogP contribution in [-0.2, 0) is 0 Å². The number of halogens is 2. The molecule has 78 valence electrons. The van der Waals surface area contributed by atoms with Gasteiger partial charge in [0.1, 0.15) is 17.4 Å². The minimum atomic E-state index is -0.656. The summed E-state index contributed by atoms with van der Waals surface area (Å²) >= 11 is 0. The molecule has 0 unspecified atom stereocenters. The average Bonchev–Trinajstić information content (AvgIpc) is 2.16. The highest BCUT2D eigenvalue weighted by Gasteiger charge is 2.16. The molecule has 4 heteroatoms. The van der Waals surface area contributed by atoms with Crippen LogP contribution in [0, 0.1) is 11.6 Å². The van der Waals surface area contributed by atoms with Gasteiger partial charge in [-0.2, -0.15) is 0 Å². The number of hydrogen-bond donors (Lipinski definition) is 1. The standard InChI is InChI=1S/C10H13F2NO/c1-3-9(13)10-7(11)4-6(14-2)5-8(10)12/h4-5,9H,3,13H2,1-2H3/t9-/m1/s1. The molecule has 1 aromatic rings. The summed E-state index contributed by atoms with van der Waals surface area (Å²) in [6.07, 6.45) is 0.486. The summed E-state index contributed by atoms with van der Waals surface area (Å²) in [5, 5.41) is 0. The molecule has 0 radical (unpaired) electrons. The molecule has 1 aromatic carbocycles. The highest BCUT2D eigenvalue weighted by molar-refractivity contribution is 5.32. The fraction of sp³-hybridized carbons (Fsp3) is 0.400. The van der Waals surface area contributed by atoms with E-state index in [1.807, 2.05) is 0 Å². The molecule has 0 fully saturated rings. The Morgan fingerprint density at radius 3 is 2.21 bits per heavy atom. The number of hydrogen-bond acceptors (Lipinski definition) is 2. The predicted octanol–water partition coefficient (Wildman–Crippen LogP) is 2.38. The lowest BCUT2D eigenvalue weighted by molar-refractivity contribution is 0.403. The number of methoxy groups -OCH3 is 1. The molecule has 0 bridgehead atoms. The molecular weight excluding hydrogens is 188 g/mol. The summed E-state index contributed by atoms with van der Waals surface area (Å²) in [4.78, 5) is 0. The lowest BCUT2D eigenvalue weighted by Crippen LogP contribution is -2.13. The Labute approximate surface area is 81.7 Å². The number of benzene rings is 1. The molecule has 0 aliphatic rings. The van der Waals surface area contributed by atoms with E-state index < -0.39 is 17.7 Å². The van der Waals surface area contributed by atoms with E-state index in [1.165, 1.54) is 7.11 Å². The van der Waals surface area contributed by atoms with Crippen LogP contribution in [-0.4, -0.2) is 7.11 Å². The van der Waals surface area contributed by atoms with Crippen molar-refractivity contribution in [3.63, 3.8) is 0 Å². The minimum absolute atomic E-state index is 0.0756. The zero-order valence-corrected chi connectivity index (χ0v) is 8.18. The van der Waals surface area contributed by atoms with Gasteiger partial charge in [0.15, 0.2) is 0 Å². The molecule has 0 aromatic heterocycles. The summed E-state index contributed by atoms with van der Waals surface area (Å²) in [6.45, 7) is 1.77. The van der Waals surface area contributed by atoms with Gasteiger partial charge in [-0.25, -0.2) is 8.78 Å². The zero-order chi connectivity index (χ0) is 10.7. The number of nitrogens with two attached hydrogens (primary N) is 1. The SMILES string of the molecule is CC[C@@H](N)c1c(F)cc(OC)cc1F. The Kier molecular flexibility index (Phi) is 3.41. The van der Waals surface area contributed by atoms with Gasteiger partial charge in [-0.1, -0.05) is 6.92 Å². The zero-order valence-electron chi connectivity index (χ0n) is 8.18. The third kappa shape index (κ3) is 2.01. The summed E-state index contributed by atoms with van der Waals surface area (Å²) in [7, 11) is 1.35. The largest absolute Gasteiger partial charge is 0.497 e. The van der Waals surface area contributed by atoms with Crippen LogP contribution in [0.15, 0.2) is 12.1 Å². The normalized spacial score (nSPS) is 12.6. The monoisotopic (exact) mass is 201 g/mol. The summed E-state index contributed by atoms with van der Waals surface area (Å²) in [6, 6.07) is 1.66. The molecule has 0 saturated heterocycles. The molecule has 1 rings (SSSR count). The molecule has 1 atom stereocenters. The summed E-state index contributed by atoms with van der Waals surface area (Å²) in [5.41, 5.74) is 5.49. The second kappa shape index (κ2) is 4.37. The van der Waals surface area contributed by atoms with Crippen LogP contribution in [0.1, 0.15) is 24.9 Å². The topological polar surface area (TPSA) is 35.2 Å². The van der Waals surface area contributed by atoms with Gasteiger partial charge in [-0.3, -0.25) is 0 Å². The number of rotatable bonds is 3. The Bertz CT molecular complexity index is 305. The molecule has 0 heterocycles. The van der Waals surface area contributed by atoms with Gasteiger partial charge in [-0.05, 0) is 6.42 Å². The van der Waals surface area contributed by atoms with E-state index in [4.69, 9.17) is 10.5 Å². The first-order valence-corrected chi connectivity index (χ1v) is 4.38. The molecule has 0 saturated carbocycles. The van der Waals surface area contributed by atoms with E-state index >= 15 is 0 Å². The third-order valence-electron chi connectivity index (χ3n) is 2.10. The first-order valence-electron chi connectivity index (χ1n) is 4.38. The molecular formula is C10H13F2NO. The third-order valence-corrected chi connectivity index (χ3v) is 2.10. The molecule has 0 aliphatic carbocycles. The van der Waals surface area contributed by atoms with E-state index in [9.17, 15) is 8.78 Å². The molecule has 2 nitrogen and oxygen atoms in total. The Hall–Kier alpha value is -1.16. The summed E-state index contributed by atoms with van der Waals surface area (Å²) in [5.74, 6) is -1.15. The maximum Gasteiger partial charge on any atom is 0.134 e. The van der Waals surface area contributed by atoms with Gasteiger partial charge in [0.05, 0.1) is 7.11 Å². The fourth-order valence-electron chi connectivity index (χ4n) is 1.24. The van der Waals surface area contributed by atoms with Crippen molar-refractivity contribution in [1.29, 1.82) is 0 Å². The van der Waals surface area contributed by atoms with E-state index in [0.717, 1.165) is 12.1 Å². The van der Waals surface area contributed by atoms with Crippen LogP contribution in [0.2, 0.25) is 0 Å². The van der Waals surface area contributed by atoms with Gasteiger partial charge in [0, 0.05) is 23.7 Å². The molecule has 0 amide bonds. The van der Waals surface area contributed by atoms with Crippen LogP contribution in [0.25, 0.3) is 0 Å². The van der Waals surface area contributed by atoms with Crippen molar-refractivity contribution in [2.75, 3.05) is 7.11 Å². The highest BCUT2D eigenvalue weighted by atomic mass is 19.1. The van der Waals surface area contributed by atoms with Crippen molar-refractivity contribution in [2.24, 2.45) is 5.73 Å². The molecule has 0 aliphatic heterocycles. The first kappa shape index (κ1) is 10.9. The Morgan fingerprint density at radius 1 is 1.36 bits per heavy atom. The molecule has 0 spiro atoms. The average molecular weight is 201 g/mol. The smallest absolute Gasteiger partial charge is 0.134 e. The van der Waals surface area contributed by atoms with Crippen molar-refractivity contribution in [1.82, 2.24) is 0 Å². The second-order valence-corrected chi connectivity index (χ2v) is 3.02. The number of ether oxygens (including phenoxy) is 1. The van der Waals surface area contributed by atoms with Crippen molar-refractivity contribution in [3.05, 3.63) is 29.3 Å². The van der Waals surface area contributed by atoms with Crippen LogP contribution < -0.4 is 10.5 Å².